The van der Waals surface area contributed by atoms with Gasteiger partial charge < -0.3 is 9.73 Å². The number of anilines is 1. The molecular weight excluding hydrogens is 327 g/mol. The third-order valence-corrected chi connectivity index (χ3v) is 4.02. The molecule has 0 saturated heterocycles. The molecule has 0 bridgehead atoms. The van der Waals surface area contributed by atoms with Gasteiger partial charge in [-0.05, 0) is 12.1 Å². The van der Waals surface area contributed by atoms with Crippen molar-refractivity contribution in [2.75, 3.05) is 11.1 Å². The molecule has 0 aliphatic rings. The van der Waals surface area contributed by atoms with Crippen LogP contribution in [0.5, 0.6) is 0 Å². The Hall–Kier alpha value is -2.26. The Morgan fingerprint density at radius 2 is 2.23 bits per heavy atom. The summed E-state index contributed by atoms with van der Waals surface area (Å²) in [6.45, 7) is 0. The number of rotatable bonds is 5. The molecule has 1 N–H and O–H groups in total. The van der Waals surface area contributed by atoms with Gasteiger partial charge in [-0.3, -0.25) is 4.79 Å². The summed E-state index contributed by atoms with van der Waals surface area (Å²) in [5, 5.41) is 12.7. The molecule has 1 amide bonds. The molecule has 6 nitrogen and oxygen atoms in total. The van der Waals surface area contributed by atoms with Gasteiger partial charge in [0.1, 0.15) is 5.82 Å². The lowest BCUT2D eigenvalue weighted by Gasteiger charge is -1.98. The first-order valence-electron chi connectivity index (χ1n) is 6.13. The van der Waals surface area contributed by atoms with Crippen molar-refractivity contribution in [1.82, 2.24) is 15.2 Å². The normalized spacial score (nSPS) is 10.6. The molecule has 0 unspecified atom stereocenters. The summed E-state index contributed by atoms with van der Waals surface area (Å²) in [5.74, 6) is -0.492. The van der Waals surface area contributed by atoms with E-state index >= 15 is 0 Å². The Morgan fingerprint density at radius 3 is 3.00 bits per heavy atom. The van der Waals surface area contributed by atoms with E-state index < -0.39 is 5.82 Å². The summed E-state index contributed by atoms with van der Waals surface area (Å²) in [6, 6.07) is 6.12. The molecule has 9 heteroatoms. The second-order valence-electron chi connectivity index (χ2n) is 4.03. The lowest BCUT2D eigenvalue weighted by molar-refractivity contribution is -0.113. The van der Waals surface area contributed by atoms with Gasteiger partial charge >= 0.3 is 0 Å². The third-order valence-electron chi connectivity index (χ3n) is 2.52. The second kappa shape index (κ2) is 6.67. The molecule has 0 aliphatic carbocycles. The lowest BCUT2D eigenvalue weighted by atomic mass is 10.2. The number of aromatic nitrogens is 3. The largest absolute Gasteiger partial charge is 0.411 e. The minimum Gasteiger partial charge on any atom is -0.411 e. The highest BCUT2D eigenvalue weighted by molar-refractivity contribution is 7.99. The highest BCUT2D eigenvalue weighted by atomic mass is 32.2. The zero-order valence-corrected chi connectivity index (χ0v) is 12.7. The van der Waals surface area contributed by atoms with Crippen molar-refractivity contribution in [3.8, 4) is 11.5 Å². The number of carbonyl (C=O) groups excluding carboxylic acids is 1. The molecule has 112 valence electrons. The number of nitrogens with zero attached hydrogens (tertiary/aromatic N) is 3. The third kappa shape index (κ3) is 3.49. The van der Waals surface area contributed by atoms with Crippen LogP contribution in [0, 0.1) is 5.82 Å². The van der Waals surface area contributed by atoms with E-state index in [2.05, 4.69) is 20.5 Å². The fourth-order valence-electron chi connectivity index (χ4n) is 1.58. The topological polar surface area (TPSA) is 80.9 Å². The zero-order valence-electron chi connectivity index (χ0n) is 11.0. The zero-order chi connectivity index (χ0) is 15.4. The Bertz CT molecular complexity index is 776. The predicted molar refractivity (Wildman–Crippen MR) is 81.2 cm³/mol. The van der Waals surface area contributed by atoms with Crippen LogP contribution >= 0.6 is 23.1 Å². The maximum Gasteiger partial charge on any atom is 0.277 e. The molecule has 1 aromatic carbocycles. The lowest BCUT2D eigenvalue weighted by Crippen LogP contribution is -2.13. The van der Waals surface area contributed by atoms with E-state index in [0.29, 0.717) is 5.13 Å². The fourth-order valence-corrected chi connectivity index (χ4v) is 2.69. The molecule has 3 aromatic rings. The van der Waals surface area contributed by atoms with Crippen LogP contribution in [0.2, 0.25) is 0 Å². The van der Waals surface area contributed by atoms with E-state index in [4.69, 9.17) is 4.42 Å². The highest BCUT2D eigenvalue weighted by Crippen LogP contribution is 2.25. The van der Waals surface area contributed by atoms with Crippen LogP contribution in [0.3, 0.4) is 0 Å². The summed E-state index contributed by atoms with van der Waals surface area (Å²) in [5.41, 5.74) is 0.231. The van der Waals surface area contributed by atoms with Crippen molar-refractivity contribution in [1.29, 1.82) is 0 Å². The van der Waals surface area contributed by atoms with Crippen LogP contribution in [0.25, 0.3) is 11.5 Å². The molecule has 22 heavy (non-hydrogen) atoms. The van der Waals surface area contributed by atoms with Crippen molar-refractivity contribution in [3.63, 3.8) is 0 Å². The number of thioether (sulfide) groups is 1. The maximum absolute atomic E-state index is 13.6. The van der Waals surface area contributed by atoms with Crippen LogP contribution < -0.4 is 5.32 Å². The van der Waals surface area contributed by atoms with Crippen molar-refractivity contribution in [2.45, 2.75) is 5.22 Å². The number of benzene rings is 1. The number of thiazole rings is 1. The molecule has 2 aromatic heterocycles. The van der Waals surface area contributed by atoms with Gasteiger partial charge in [-0.15, -0.1) is 21.5 Å². The number of halogens is 1. The Labute approximate surface area is 132 Å². The number of amides is 1. The summed E-state index contributed by atoms with van der Waals surface area (Å²) in [7, 11) is 0. The van der Waals surface area contributed by atoms with Crippen molar-refractivity contribution < 1.29 is 13.6 Å². The Kier molecular flexibility index (Phi) is 4.45. The van der Waals surface area contributed by atoms with Crippen LogP contribution in [0.4, 0.5) is 9.52 Å². The number of nitrogens with one attached hydrogen (secondary N) is 1. The number of hydrogen-bond acceptors (Lipinski definition) is 7. The van der Waals surface area contributed by atoms with Crippen LogP contribution in [-0.2, 0) is 4.79 Å². The smallest absolute Gasteiger partial charge is 0.277 e. The molecule has 0 radical (unpaired) electrons. The molecule has 0 fully saturated rings. The minimum absolute atomic E-state index is 0.0842. The first kappa shape index (κ1) is 14.7. The SMILES string of the molecule is O=C(CSc1nnc(-c2ccccc2F)o1)Nc1nccs1. The molecule has 3 rings (SSSR count). The van der Waals surface area contributed by atoms with Crippen molar-refractivity contribution in [2.24, 2.45) is 0 Å². The van der Waals surface area contributed by atoms with Gasteiger partial charge in [-0.2, -0.15) is 0 Å². The van der Waals surface area contributed by atoms with Crippen LogP contribution in [-0.4, -0.2) is 26.8 Å². The van der Waals surface area contributed by atoms with Gasteiger partial charge in [0.05, 0.1) is 11.3 Å². The van der Waals surface area contributed by atoms with Gasteiger partial charge in [0.15, 0.2) is 5.13 Å². The average Bonchev–Trinajstić information content (AvgIpc) is 3.17. The summed E-state index contributed by atoms with van der Waals surface area (Å²) in [4.78, 5) is 15.6. The van der Waals surface area contributed by atoms with E-state index in [1.807, 2.05) is 0 Å². The maximum atomic E-state index is 13.6. The van der Waals surface area contributed by atoms with E-state index in [9.17, 15) is 9.18 Å². The molecule has 2 heterocycles. The van der Waals surface area contributed by atoms with E-state index in [1.54, 1.807) is 29.8 Å². The molecular formula is C13H9FN4O2S2. The number of hydrogen-bond donors (Lipinski definition) is 1. The first-order chi connectivity index (χ1) is 10.7. The van der Waals surface area contributed by atoms with Crippen molar-refractivity contribution >= 4 is 34.1 Å². The van der Waals surface area contributed by atoms with E-state index in [-0.39, 0.29) is 28.3 Å². The predicted octanol–water partition coefficient (Wildman–Crippen LogP) is 3.06. The van der Waals surface area contributed by atoms with Gasteiger partial charge in [0.25, 0.3) is 11.1 Å². The Morgan fingerprint density at radius 1 is 1.36 bits per heavy atom. The van der Waals surface area contributed by atoms with Gasteiger partial charge in [0, 0.05) is 11.6 Å². The highest BCUT2D eigenvalue weighted by Gasteiger charge is 2.14. The van der Waals surface area contributed by atoms with Gasteiger partial charge in [0.2, 0.25) is 5.91 Å². The fraction of sp³-hybridized carbons (Fsp3) is 0.0769. The second-order valence-corrected chi connectivity index (χ2v) is 5.85. The average molecular weight is 336 g/mol. The van der Waals surface area contributed by atoms with Crippen molar-refractivity contribution in [3.05, 3.63) is 41.7 Å². The molecule has 0 aliphatic heterocycles. The summed E-state index contributed by atoms with van der Waals surface area (Å²) >= 11 is 2.40. The molecule has 0 atom stereocenters. The number of carbonyl (C=O) groups is 1. The minimum atomic E-state index is -0.441. The first-order valence-corrected chi connectivity index (χ1v) is 7.99. The quantitative estimate of drug-likeness (QED) is 0.721. The monoisotopic (exact) mass is 336 g/mol. The molecule has 0 saturated carbocycles. The standard InChI is InChI=1S/C13H9FN4O2S2/c14-9-4-2-1-3-8(9)11-17-18-13(20-11)22-7-10(19)16-12-15-5-6-21-12/h1-6H,7H2,(H,15,16,19). The van der Waals surface area contributed by atoms with E-state index in [1.165, 1.54) is 17.4 Å². The van der Waals surface area contributed by atoms with Crippen LogP contribution in [0.15, 0.2) is 45.5 Å². The van der Waals surface area contributed by atoms with Crippen LogP contribution in [0.1, 0.15) is 0 Å². The van der Waals surface area contributed by atoms with Gasteiger partial charge in [-0.25, -0.2) is 9.37 Å². The van der Waals surface area contributed by atoms with Gasteiger partial charge in [-0.1, -0.05) is 23.9 Å². The summed E-state index contributed by atoms with van der Waals surface area (Å²) < 4.78 is 18.9. The Balaban J connectivity index is 1.60. The van der Waals surface area contributed by atoms with E-state index in [0.717, 1.165) is 11.8 Å². The molecule has 0 spiro atoms. The summed E-state index contributed by atoms with van der Waals surface area (Å²) in [6.07, 6.45) is 1.60.